The molecule has 0 amide bonds. The Morgan fingerprint density at radius 2 is 2.15 bits per heavy atom. The van der Waals surface area contributed by atoms with E-state index in [4.69, 9.17) is 0 Å². The molecule has 1 aliphatic rings. The summed E-state index contributed by atoms with van der Waals surface area (Å²) in [4.78, 5) is 14.5. The zero-order chi connectivity index (χ0) is 14.7. The summed E-state index contributed by atoms with van der Waals surface area (Å²) in [5.74, 6) is 0.555. The maximum atomic E-state index is 10.9. The molecule has 1 aromatic heterocycles. The first-order valence-electron chi connectivity index (χ1n) is 6.74. The minimum Gasteiger partial charge on any atom is -0.391 e. The normalized spacial score (nSPS) is 23.1. The van der Waals surface area contributed by atoms with Crippen LogP contribution in [0.2, 0.25) is 0 Å². The number of halogens is 1. The second-order valence-corrected chi connectivity index (χ2v) is 5.94. The molecule has 0 aromatic carbocycles. The van der Waals surface area contributed by atoms with E-state index in [-0.39, 0.29) is 11.7 Å². The number of aliphatic hydroxyl groups excluding tert-OH is 1. The SMILES string of the molecule is Cc1c([N+](=O)[O-])cnc(NC2CCCCCC2O)c1Br. The minimum atomic E-state index is -0.447. The molecule has 2 N–H and O–H groups in total. The van der Waals surface area contributed by atoms with Crippen molar-refractivity contribution in [1.82, 2.24) is 4.98 Å². The number of hydrogen-bond donors (Lipinski definition) is 2. The van der Waals surface area contributed by atoms with E-state index >= 15 is 0 Å². The molecular formula is C13H18BrN3O3. The van der Waals surface area contributed by atoms with Crippen LogP contribution in [0.3, 0.4) is 0 Å². The van der Waals surface area contributed by atoms with Crippen molar-refractivity contribution in [3.05, 3.63) is 26.3 Å². The molecule has 2 unspecified atom stereocenters. The molecule has 2 rings (SSSR count). The molecule has 7 heteroatoms. The molecule has 1 aliphatic carbocycles. The van der Waals surface area contributed by atoms with Gasteiger partial charge in [0.05, 0.1) is 21.5 Å². The number of rotatable bonds is 3. The standard InChI is InChI=1S/C13H18BrN3O3/c1-8-10(17(19)20)7-15-13(12(8)14)16-9-5-3-2-4-6-11(9)18/h7,9,11,18H,2-6H2,1H3,(H,15,16). The lowest BCUT2D eigenvalue weighted by Crippen LogP contribution is -2.33. The summed E-state index contributed by atoms with van der Waals surface area (Å²) >= 11 is 3.35. The average Bonchev–Trinajstić information content (AvgIpc) is 2.60. The second kappa shape index (κ2) is 6.49. The van der Waals surface area contributed by atoms with Crippen molar-refractivity contribution in [3.8, 4) is 0 Å². The minimum absolute atomic E-state index is 0.0103. The number of nitrogens with one attached hydrogen (secondary N) is 1. The summed E-state index contributed by atoms with van der Waals surface area (Å²) in [6, 6.07) is -0.0536. The van der Waals surface area contributed by atoms with E-state index in [0.29, 0.717) is 15.9 Å². The highest BCUT2D eigenvalue weighted by molar-refractivity contribution is 9.10. The predicted molar refractivity (Wildman–Crippen MR) is 79.8 cm³/mol. The fourth-order valence-electron chi connectivity index (χ4n) is 2.49. The number of nitro groups is 1. The van der Waals surface area contributed by atoms with Gasteiger partial charge in [-0.2, -0.15) is 0 Å². The van der Waals surface area contributed by atoms with Crippen molar-refractivity contribution in [3.63, 3.8) is 0 Å². The first-order valence-corrected chi connectivity index (χ1v) is 7.54. The molecule has 1 heterocycles. The highest BCUT2D eigenvalue weighted by Gasteiger charge is 2.24. The zero-order valence-electron chi connectivity index (χ0n) is 11.3. The predicted octanol–water partition coefficient (Wildman–Crippen LogP) is 3.17. The van der Waals surface area contributed by atoms with E-state index < -0.39 is 11.0 Å². The third-order valence-electron chi connectivity index (χ3n) is 3.74. The summed E-state index contributed by atoms with van der Waals surface area (Å²) in [7, 11) is 0. The van der Waals surface area contributed by atoms with E-state index in [2.05, 4.69) is 26.2 Å². The van der Waals surface area contributed by atoms with Crippen LogP contribution in [0.5, 0.6) is 0 Å². The van der Waals surface area contributed by atoms with Gasteiger partial charge in [0.2, 0.25) is 0 Å². The Morgan fingerprint density at radius 3 is 2.85 bits per heavy atom. The Kier molecular flexibility index (Phi) is 4.93. The maximum absolute atomic E-state index is 10.9. The van der Waals surface area contributed by atoms with E-state index in [1.54, 1.807) is 6.92 Å². The molecule has 6 nitrogen and oxygen atoms in total. The molecule has 20 heavy (non-hydrogen) atoms. The largest absolute Gasteiger partial charge is 0.391 e. The van der Waals surface area contributed by atoms with Crippen molar-refractivity contribution < 1.29 is 10.0 Å². The molecule has 1 aromatic rings. The van der Waals surface area contributed by atoms with Gasteiger partial charge in [-0.05, 0) is 35.7 Å². The van der Waals surface area contributed by atoms with Gasteiger partial charge in [0.15, 0.2) is 0 Å². The third-order valence-corrected chi connectivity index (χ3v) is 4.71. The van der Waals surface area contributed by atoms with E-state index in [1.165, 1.54) is 6.20 Å². The van der Waals surface area contributed by atoms with Crippen molar-refractivity contribution in [2.45, 2.75) is 51.2 Å². The van der Waals surface area contributed by atoms with E-state index in [1.807, 2.05) is 0 Å². The maximum Gasteiger partial charge on any atom is 0.291 e. The molecule has 0 saturated heterocycles. The van der Waals surface area contributed by atoms with Crippen molar-refractivity contribution in [1.29, 1.82) is 0 Å². The Balaban J connectivity index is 2.21. The highest BCUT2D eigenvalue weighted by atomic mass is 79.9. The molecule has 0 bridgehead atoms. The van der Waals surface area contributed by atoms with Gasteiger partial charge in [0.25, 0.3) is 5.69 Å². The molecule has 0 spiro atoms. The fraction of sp³-hybridized carbons (Fsp3) is 0.615. The Hall–Kier alpha value is -1.21. The first-order chi connectivity index (χ1) is 9.50. The van der Waals surface area contributed by atoms with Gasteiger partial charge >= 0.3 is 0 Å². The number of hydrogen-bond acceptors (Lipinski definition) is 5. The lowest BCUT2D eigenvalue weighted by Gasteiger charge is -2.23. The smallest absolute Gasteiger partial charge is 0.291 e. The van der Waals surface area contributed by atoms with Gasteiger partial charge < -0.3 is 10.4 Å². The summed E-state index contributed by atoms with van der Waals surface area (Å²) in [5, 5.41) is 24.2. The van der Waals surface area contributed by atoms with Crippen LogP contribution in [-0.2, 0) is 0 Å². The topological polar surface area (TPSA) is 88.3 Å². The third kappa shape index (κ3) is 3.27. The highest BCUT2D eigenvalue weighted by Crippen LogP contribution is 2.32. The van der Waals surface area contributed by atoms with Crippen LogP contribution in [0.15, 0.2) is 10.7 Å². The van der Waals surface area contributed by atoms with Gasteiger partial charge in [-0.25, -0.2) is 4.98 Å². The monoisotopic (exact) mass is 343 g/mol. The van der Waals surface area contributed by atoms with E-state index in [0.717, 1.165) is 32.1 Å². The fourth-order valence-corrected chi connectivity index (χ4v) is 2.91. The van der Waals surface area contributed by atoms with Gasteiger partial charge in [-0.15, -0.1) is 0 Å². The number of anilines is 1. The van der Waals surface area contributed by atoms with Crippen LogP contribution in [0, 0.1) is 17.0 Å². The lowest BCUT2D eigenvalue weighted by molar-refractivity contribution is -0.385. The number of nitrogens with zero attached hydrogens (tertiary/aromatic N) is 2. The molecule has 0 aliphatic heterocycles. The van der Waals surface area contributed by atoms with Crippen LogP contribution in [0.4, 0.5) is 11.5 Å². The summed E-state index contributed by atoms with van der Waals surface area (Å²) in [6.07, 6.45) is 5.74. The van der Waals surface area contributed by atoms with Gasteiger partial charge in [-0.1, -0.05) is 19.3 Å². The molecule has 1 saturated carbocycles. The molecule has 110 valence electrons. The number of aromatic nitrogens is 1. The van der Waals surface area contributed by atoms with Crippen LogP contribution < -0.4 is 5.32 Å². The van der Waals surface area contributed by atoms with Crippen LogP contribution in [0.1, 0.15) is 37.7 Å². The Labute approximate surface area is 125 Å². The lowest BCUT2D eigenvalue weighted by atomic mass is 10.1. The average molecular weight is 344 g/mol. The van der Waals surface area contributed by atoms with E-state index in [9.17, 15) is 15.2 Å². The van der Waals surface area contributed by atoms with Crippen molar-refractivity contribution in [2.75, 3.05) is 5.32 Å². The quantitative estimate of drug-likeness (QED) is 0.500. The Bertz CT molecular complexity index is 510. The second-order valence-electron chi connectivity index (χ2n) is 5.14. The summed E-state index contributed by atoms with van der Waals surface area (Å²) in [6.45, 7) is 1.68. The van der Waals surface area contributed by atoms with Crippen molar-refractivity contribution in [2.24, 2.45) is 0 Å². The number of aliphatic hydroxyl groups is 1. The van der Waals surface area contributed by atoms with Gasteiger partial charge in [0, 0.05) is 5.56 Å². The molecule has 2 atom stereocenters. The number of pyridine rings is 1. The van der Waals surface area contributed by atoms with Gasteiger partial charge in [-0.3, -0.25) is 10.1 Å². The Morgan fingerprint density at radius 1 is 1.45 bits per heavy atom. The summed E-state index contributed by atoms with van der Waals surface area (Å²) < 4.78 is 0.586. The van der Waals surface area contributed by atoms with Crippen LogP contribution in [0.25, 0.3) is 0 Å². The molecule has 1 fully saturated rings. The molecular weight excluding hydrogens is 326 g/mol. The summed E-state index contributed by atoms with van der Waals surface area (Å²) in [5.41, 5.74) is 0.527. The van der Waals surface area contributed by atoms with Crippen molar-refractivity contribution >= 4 is 27.4 Å². The molecule has 0 radical (unpaired) electrons. The first kappa shape index (κ1) is 15.2. The van der Waals surface area contributed by atoms with Crippen LogP contribution in [-0.4, -0.2) is 27.2 Å². The zero-order valence-corrected chi connectivity index (χ0v) is 12.9. The van der Waals surface area contributed by atoms with Gasteiger partial charge in [0.1, 0.15) is 12.0 Å². The van der Waals surface area contributed by atoms with Crippen LogP contribution >= 0.6 is 15.9 Å².